The van der Waals surface area contributed by atoms with Crippen LogP contribution in [0, 0.1) is 11.6 Å². The first-order valence-corrected chi connectivity index (χ1v) is 5.45. The SMILES string of the molecule is C[C@@H](O)[C@H](NC(=O)Cc1ccc(F)cc1F)C(=O)O. The van der Waals surface area contributed by atoms with Crippen LogP contribution in [0.4, 0.5) is 8.78 Å². The second-order valence-electron chi connectivity index (χ2n) is 4.04. The number of carbonyl (C=O) groups is 2. The third-order valence-electron chi connectivity index (χ3n) is 2.43. The van der Waals surface area contributed by atoms with Crippen molar-refractivity contribution in [3.63, 3.8) is 0 Å². The highest BCUT2D eigenvalue weighted by molar-refractivity contribution is 5.85. The summed E-state index contributed by atoms with van der Waals surface area (Å²) in [6.07, 6.45) is -1.73. The summed E-state index contributed by atoms with van der Waals surface area (Å²) in [5, 5.41) is 20.0. The molecule has 0 aliphatic heterocycles. The summed E-state index contributed by atoms with van der Waals surface area (Å²) in [4.78, 5) is 22.3. The molecule has 1 aromatic carbocycles. The van der Waals surface area contributed by atoms with Crippen LogP contribution >= 0.6 is 0 Å². The predicted molar refractivity (Wildman–Crippen MR) is 61.3 cm³/mol. The largest absolute Gasteiger partial charge is 0.480 e. The molecule has 0 aliphatic rings. The van der Waals surface area contributed by atoms with Crippen LogP contribution < -0.4 is 5.32 Å². The van der Waals surface area contributed by atoms with Crippen LogP contribution in [0.5, 0.6) is 0 Å². The van der Waals surface area contributed by atoms with E-state index in [0.717, 1.165) is 12.1 Å². The first-order chi connectivity index (χ1) is 8.81. The van der Waals surface area contributed by atoms with Crippen molar-refractivity contribution in [3.8, 4) is 0 Å². The fourth-order valence-corrected chi connectivity index (χ4v) is 1.45. The van der Waals surface area contributed by atoms with E-state index in [1.54, 1.807) is 0 Å². The second kappa shape index (κ2) is 6.24. The summed E-state index contributed by atoms with van der Waals surface area (Å²) < 4.78 is 25.9. The van der Waals surface area contributed by atoms with Crippen molar-refractivity contribution in [1.29, 1.82) is 0 Å². The van der Waals surface area contributed by atoms with Gasteiger partial charge in [-0.1, -0.05) is 6.07 Å². The van der Waals surface area contributed by atoms with Crippen molar-refractivity contribution in [2.24, 2.45) is 0 Å². The van der Waals surface area contributed by atoms with E-state index in [1.165, 1.54) is 6.92 Å². The van der Waals surface area contributed by atoms with Crippen LogP contribution in [0.25, 0.3) is 0 Å². The lowest BCUT2D eigenvalue weighted by Crippen LogP contribution is -2.48. The number of carboxylic acid groups (broad SMARTS) is 1. The van der Waals surface area contributed by atoms with Gasteiger partial charge in [-0.25, -0.2) is 13.6 Å². The van der Waals surface area contributed by atoms with Crippen molar-refractivity contribution in [1.82, 2.24) is 5.32 Å². The molecule has 5 nitrogen and oxygen atoms in total. The summed E-state index contributed by atoms with van der Waals surface area (Å²) in [7, 11) is 0. The summed E-state index contributed by atoms with van der Waals surface area (Å²) in [5.74, 6) is -3.84. The third-order valence-corrected chi connectivity index (χ3v) is 2.43. The van der Waals surface area contributed by atoms with Crippen LogP contribution in [-0.2, 0) is 16.0 Å². The Morgan fingerprint density at radius 1 is 1.37 bits per heavy atom. The summed E-state index contributed by atoms with van der Waals surface area (Å²) in [5.41, 5.74) is -0.0615. The second-order valence-corrected chi connectivity index (χ2v) is 4.04. The third kappa shape index (κ3) is 4.29. The number of hydrogen-bond donors (Lipinski definition) is 3. The van der Waals surface area contributed by atoms with Crippen molar-refractivity contribution in [2.75, 3.05) is 0 Å². The highest BCUT2D eigenvalue weighted by Gasteiger charge is 2.25. The first-order valence-electron chi connectivity index (χ1n) is 5.45. The predicted octanol–water partition coefficient (Wildman–Crippen LogP) is 0.457. The number of nitrogens with one attached hydrogen (secondary N) is 1. The molecule has 104 valence electrons. The number of amides is 1. The van der Waals surface area contributed by atoms with Gasteiger partial charge in [-0.15, -0.1) is 0 Å². The molecule has 0 saturated carbocycles. The quantitative estimate of drug-likeness (QED) is 0.727. The van der Waals surface area contributed by atoms with E-state index >= 15 is 0 Å². The highest BCUT2D eigenvalue weighted by Crippen LogP contribution is 2.10. The average molecular weight is 273 g/mol. The summed E-state index contributed by atoms with van der Waals surface area (Å²) in [6, 6.07) is 1.25. The van der Waals surface area contributed by atoms with Crippen molar-refractivity contribution in [3.05, 3.63) is 35.4 Å². The molecule has 0 bridgehead atoms. The summed E-state index contributed by atoms with van der Waals surface area (Å²) >= 11 is 0. The van der Waals surface area contributed by atoms with Crippen molar-refractivity contribution >= 4 is 11.9 Å². The number of rotatable bonds is 5. The van der Waals surface area contributed by atoms with Gasteiger partial charge < -0.3 is 15.5 Å². The van der Waals surface area contributed by atoms with Crippen LogP contribution in [0.3, 0.4) is 0 Å². The molecule has 0 saturated heterocycles. The number of aliphatic hydroxyl groups is 1. The van der Waals surface area contributed by atoms with E-state index in [-0.39, 0.29) is 5.56 Å². The Morgan fingerprint density at radius 3 is 2.47 bits per heavy atom. The Hall–Kier alpha value is -2.02. The Labute approximate surface area is 107 Å². The number of halogens is 2. The maximum atomic E-state index is 13.3. The Bertz CT molecular complexity index is 491. The van der Waals surface area contributed by atoms with Crippen LogP contribution in [0.2, 0.25) is 0 Å². The molecule has 7 heteroatoms. The van der Waals surface area contributed by atoms with Gasteiger partial charge in [0.05, 0.1) is 12.5 Å². The molecule has 0 heterocycles. The molecule has 0 unspecified atom stereocenters. The topological polar surface area (TPSA) is 86.6 Å². The lowest BCUT2D eigenvalue weighted by Gasteiger charge is -2.17. The maximum absolute atomic E-state index is 13.3. The van der Waals surface area contributed by atoms with Crippen LogP contribution in [0.1, 0.15) is 12.5 Å². The molecular weight excluding hydrogens is 260 g/mol. The molecule has 1 aromatic rings. The normalized spacial score (nSPS) is 13.7. The van der Waals surface area contributed by atoms with Gasteiger partial charge in [-0.2, -0.15) is 0 Å². The van der Waals surface area contributed by atoms with Crippen molar-refractivity contribution in [2.45, 2.75) is 25.5 Å². The molecular formula is C12H13F2NO4. The molecule has 19 heavy (non-hydrogen) atoms. The van der Waals surface area contributed by atoms with Gasteiger partial charge in [0.1, 0.15) is 11.6 Å². The van der Waals surface area contributed by atoms with Gasteiger partial charge in [0.15, 0.2) is 6.04 Å². The minimum Gasteiger partial charge on any atom is -0.480 e. The smallest absolute Gasteiger partial charge is 0.328 e. The Balaban J connectivity index is 2.72. The molecule has 2 atom stereocenters. The van der Waals surface area contributed by atoms with Gasteiger partial charge in [0.25, 0.3) is 0 Å². The van der Waals surface area contributed by atoms with E-state index in [9.17, 15) is 18.4 Å². The van der Waals surface area contributed by atoms with E-state index < -0.39 is 42.1 Å². The number of benzene rings is 1. The molecule has 0 aromatic heterocycles. The lowest BCUT2D eigenvalue weighted by molar-refractivity contribution is -0.144. The minimum absolute atomic E-state index is 0.0615. The van der Waals surface area contributed by atoms with Gasteiger partial charge in [-0.05, 0) is 18.6 Å². The van der Waals surface area contributed by atoms with Gasteiger partial charge >= 0.3 is 5.97 Å². The Kier molecular flexibility index (Phi) is 4.94. The average Bonchev–Trinajstić information content (AvgIpc) is 2.29. The molecule has 0 spiro atoms. The zero-order chi connectivity index (χ0) is 14.6. The highest BCUT2D eigenvalue weighted by atomic mass is 19.1. The summed E-state index contributed by atoms with van der Waals surface area (Å²) in [6.45, 7) is 1.21. The first kappa shape index (κ1) is 15.0. The maximum Gasteiger partial charge on any atom is 0.328 e. The zero-order valence-electron chi connectivity index (χ0n) is 10.1. The van der Waals surface area contributed by atoms with Gasteiger partial charge in [0.2, 0.25) is 5.91 Å². The standard InChI is InChI=1S/C12H13F2NO4/c1-6(16)11(12(18)19)15-10(17)4-7-2-3-8(13)5-9(7)14/h2-3,5-6,11,16H,4H2,1H3,(H,15,17)(H,18,19)/t6-,11+/m1/s1. The molecule has 0 fully saturated rings. The number of carbonyl (C=O) groups excluding carboxylic acids is 1. The van der Waals surface area contributed by atoms with Crippen LogP contribution in [0.15, 0.2) is 18.2 Å². The zero-order valence-corrected chi connectivity index (χ0v) is 10.1. The van der Waals surface area contributed by atoms with Crippen LogP contribution in [-0.4, -0.2) is 34.2 Å². The van der Waals surface area contributed by atoms with Crippen molar-refractivity contribution < 1.29 is 28.6 Å². The van der Waals surface area contributed by atoms with E-state index in [2.05, 4.69) is 5.32 Å². The van der Waals surface area contributed by atoms with E-state index in [4.69, 9.17) is 10.2 Å². The molecule has 1 rings (SSSR count). The molecule has 3 N–H and O–H groups in total. The fourth-order valence-electron chi connectivity index (χ4n) is 1.45. The number of aliphatic hydroxyl groups excluding tert-OH is 1. The minimum atomic E-state index is -1.48. The number of hydrogen-bond acceptors (Lipinski definition) is 3. The monoisotopic (exact) mass is 273 g/mol. The lowest BCUT2D eigenvalue weighted by atomic mass is 10.1. The van der Waals surface area contributed by atoms with E-state index in [1.807, 2.05) is 0 Å². The van der Waals surface area contributed by atoms with Gasteiger partial charge in [-0.3, -0.25) is 4.79 Å². The molecule has 0 radical (unpaired) electrons. The molecule has 0 aliphatic carbocycles. The molecule has 1 amide bonds. The van der Waals surface area contributed by atoms with E-state index in [0.29, 0.717) is 6.07 Å². The number of aliphatic carboxylic acids is 1. The van der Waals surface area contributed by atoms with Gasteiger partial charge in [0, 0.05) is 6.07 Å². The fraction of sp³-hybridized carbons (Fsp3) is 0.333. The number of carboxylic acids is 1. The Morgan fingerprint density at radius 2 is 2.00 bits per heavy atom.